The molecule has 0 saturated heterocycles. The molecule has 3 heterocycles. The lowest BCUT2D eigenvalue weighted by Crippen LogP contribution is -2.09. The second-order valence-corrected chi connectivity index (χ2v) is 4.81. The van der Waals surface area contributed by atoms with Gasteiger partial charge in [-0.3, -0.25) is 10.1 Å². The van der Waals surface area contributed by atoms with Gasteiger partial charge in [-0.25, -0.2) is 4.98 Å². The molecule has 96 valence electrons. The summed E-state index contributed by atoms with van der Waals surface area (Å²) in [6, 6.07) is 4.20. The van der Waals surface area contributed by atoms with E-state index in [4.69, 9.17) is 0 Å². The van der Waals surface area contributed by atoms with Crippen molar-refractivity contribution >= 4 is 16.9 Å². The topological polar surface area (TPSA) is 57.7 Å². The summed E-state index contributed by atoms with van der Waals surface area (Å²) in [6.45, 7) is 2.03. The summed E-state index contributed by atoms with van der Waals surface area (Å²) in [7, 11) is 3.94. The lowest BCUT2D eigenvalue weighted by atomic mass is 10.1. The van der Waals surface area contributed by atoms with Crippen molar-refractivity contribution in [2.24, 2.45) is 0 Å². The number of aromatic amines is 1. The summed E-state index contributed by atoms with van der Waals surface area (Å²) in [4.78, 5) is 10.6. The molecule has 5 nitrogen and oxygen atoms in total. The minimum atomic E-state index is 0.799. The molecule has 5 heteroatoms. The van der Waals surface area contributed by atoms with Gasteiger partial charge in [0.25, 0.3) is 0 Å². The van der Waals surface area contributed by atoms with Crippen LogP contribution < -0.4 is 4.90 Å². The zero-order valence-corrected chi connectivity index (χ0v) is 11.2. The molecule has 0 unspecified atom stereocenters. The first-order chi connectivity index (χ1) is 9.15. The summed E-state index contributed by atoms with van der Waals surface area (Å²) in [5, 5.41) is 8.23. The molecule has 3 aromatic rings. The number of aromatic nitrogens is 4. The van der Waals surface area contributed by atoms with Crippen molar-refractivity contribution in [2.75, 3.05) is 19.0 Å². The lowest BCUT2D eigenvalue weighted by Gasteiger charge is -2.08. The highest BCUT2D eigenvalue weighted by atomic mass is 15.3. The van der Waals surface area contributed by atoms with Gasteiger partial charge in [-0.2, -0.15) is 5.10 Å². The van der Waals surface area contributed by atoms with E-state index < -0.39 is 0 Å². The summed E-state index contributed by atoms with van der Waals surface area (Å²) >= 11 is 0. The number of hydrogen-bond donors (Lipinski definition) is 1. The van der Waals surface area contributed by atoms with Gasteiger partial charge >= 0.3 is 0 Å². The zero-order chi connectivity index (χ0) is 13.4. The number of nitrogens with one attached hydrogen (secondary N) is 1. The summed E-state index contributed by atoms with van der Waals surface area (Å²) in [5.41, 5.74) is 4.05. The van der Waals surface area contributed by atoms with Crippen LogP contribution in [0.2, 0.25) is 0 Å². The van der Waals surface area contributed by atoms with Crippen molar-refractivity contribution in [3.8, 4) is 11.1 Å². The molecule has 0 amide bonds. The number of nitrogens with zero attached hydrogens (tertiary/aromatic N) is 4. The summed E-state index contributed by atoms with van der Waals surface area (Å²) < 4.78 is 0. The molecule has 3 aromatic heterocycles. The second-order valence-electron chi connectivity index (χ2n) is 4.81. The van der Waals surface area contributed by atoms with Gasteiger partial charge in [0.15, 0.2) is 11.5 Å². The van der Waals surface area contributed by atoms with E-state index in [1.807, 2.05) is 44.5 Å². The molecule has 3 rings (SSSR count). The minimum absolute atomic E-state index is 0.799. The van der Waals surface area contributed by atoms with Gasteiger partial charge in [0.2, 0.25) is 0 Å². The van der Waals surface area contributed by atoms with E-state index >= 15 is 0 Å². The predicted octanol–water partition coefficient (Wildman–Crippen LogP) is 2.39. The predicted molar refractivity (Wildman–Crippen MR) is 76.2 cm³/mol. The Morgan fingerprint density at radius 2 is 1.84 bits per heavy atom. The number of anilines is 1. The number of hydrogen-bond acceptors (Lipinski definition) is 4. The fourth-order valence-electron chi connectivity index (χ4n) is 2.10. The molecule has 0 aliphatic rings. The van der Waals surface area contributed by atoms with E-state index in [1.165, 1.54) is 0 Å². The van der Waals surface area contributed by atoms with Crippen LogP contribution >= 0.6 is 0 Å². The highest BCUT2D eigenvalue weighted by molar-refractivity contribution is 5.90. The van der Waals surface area contributed by atoms with Crippen molar-refractivity contribution < 1.29 is 0 Å². The third-order valence-corrected chi connectivity index (χ3v) is 3.03. The maximum Gasteiger partial charge on any atom is 0.159 e. The van der Waals surface area contributed by atoms with Crippen molar-refractivity contribution in [1.82, 2.24) is 20.2 Å². The number of H-pyrrole nitrogens is 1. The zero-order valence-electron chi connectivity index (χ0n) is 11.2. The van der Waals surface area contributed by atoms with Crippen molar-refractivity contribution in [2.45, 2.75) is 6.92 Å². The van der Waals surface area contributed by atoms with Gasteiger partial charge in [-0.05, 0) is 24.6 Å². The molecule has 0 fully saturated rings. The van der Waals surface area contributed by atoms with Crippen molar-refractivity contribution in [3.63, 3.8) is 0 Å². The Kier molecular flexibility index (Phi) is 2.67. The second kappa shape index (κ2) is 4.35. The van der Waals surface area contributed by atoms with Crippen LogP contribution in [-0.2, 0) is 0 Å². The van der Waals surface area contributed by atoms with Crippen LogP contribution in [0.15, 0.2) is 30.7 Å². The number of aryl methyl sites for hydroxylation is 1. The smallest absolute Gasteiger partial charge is 0.159 e. The molecular formula is C14H15N5. The Bertz CT molecular complexity index is 730. The fraction of sp³-hybridized carbons (Fsp3) is 0.214. The molecule has 0 spiro atoms. The first kappa shape index (κ1) is 11.6. The van der Waals surface area contributed by atoms with E-state index in [0.29, 0.717) is 0 Å². The normalized spacial score (nSPS) is 10.9. The Morgan fingerprint density at radius 1 is 1.05 bits per heavy atom. The van der Waals surface area contributed by atoms with E-state index in [1.54, 1.807) is 0 Å². The number of fused-ring (bicyclic) bond motifs is 1. The minimum Gasteiger partial charge on any atom is -0.361 e. The quantitative estimate of drug-likeness (QED) is 0.762. The third-order valence-electron chi connectivity index (χ3n) is 3.03. The van der Waals surface area contributed by atoms with Crippen molar-refractivity contribution in [1.29, 1.82) is 0 Å². The average molecular weight is 253 g/mol. The van der Waals surface area contributed by atoms with E-state index in [9.17, 15) is 0 Å². The standard InChI is InChI=1S/C14H15N5/c1-9-4-10(7-15-6-9)11-5-12-13(16-8-11)17-18-14(12)19(2)3/h4-8H,1-3H3,(H,16,17,18). The monoisotopic (exact) mass is 253 g/mol. The molecule has 19 heavy (non-hydrogen) atoms. The molecule has 0 aliphatic carbocycles. The maximum absolute atomic E-state index is 4.42. The number of rotatable bonds is 2. The van der Waals surface area contributed by atoms with E-state index in [-0.39, 0.29) is 0 Å². The largest absolute Gasteiger partial charge is 0.361 e. The van der Waals surface area contributed by atoms with Gasteiger partial charge in [-0.15, -0.1) is 0 Å². The molecular weight excluding hydrogens is 238 g/mol. The molecule has 1 N–H and O–H groups in total. The Morgan fingerprint density at radius 3 is 2.58 bits per heavy atom. The highest BCUT2D eigenvalue weighted by Gasteiger charge is 2.10. The number of pyridine rings is 2. The van der Waals surface area contributed by atoms with Crippen LogP contribution in [0, 0.1) is 6.92 Å². The highest BCUT2D eigenvalue weighted by Crippen LogP contribution is 2.26. The van der Waals surface area contributed by atoms with Gasteiger partial charge < -0.3 is 4.90 Å². The SMILES string of the molecule is Cc1cncc(-c2cnc3[nH]nc(N(C)C)c3c2)c1. The van der Waals surface area contributed by atoms with Crippen molar-refractivity contribution in [3.05, 3.63) is 36.3 Å². The van der Waals surface area contributed by atoms with Crippen LogP contribution in [0.3, 0.4) is 0 Å². The summed E-state index contributed by atoms with van der Waals surface area (Å²) in [5.74, 6) is 0.893. The first-order valence-electron chi connectivity index (χ1n) is 6.08. The molecule has 0 bridgehead atoms. The van der Waals surface area contributed by atoms with Gasteiger partial charge in [0, 0.05) is 43.8 Å². The average Bonchev–Trinajstić information content (AvgIpc) is 2.81. The maximum atomic E-state index is 4.42. The van der Waals surface area contributed by atoms with E-state index in [2.05, 4.69) is 32.3 Å². The van der Waals surface area contributed by atoms with Crippen LogP contribution in [0.5, 0.6) is 0 Å². The van der Waals surface area contributed by atoms with Crippen LogP contribution in [0.25, 0.3) is 22.2 Å². The van der Waals surface area contributed by atoms with Gasteiger partial charge in [-0.1, -0.05) is 0 Å². The van der Waals surface area contributed by atoms with Crippen LogP contribution in [0.1, 0.15) is 5.56 Å². The lowest BCUT2D eigenvalue weighted by molar-refractivity contribution is 1.02. The van der Waals surface area contributed by atoms with Gasteiger partial charge in [0.05, 0.1) is 5.39 Å². The molecule has 0 atom stereocenters. The molecule has 0 aromatic carbocycles. The fourth-order valence-corrected chi connectivity index (χ4v) is 2.10. The van der Waals surface area contributed by atoms with Gasteiger partial charge in [0.1, 0.15) is 0 Å². The Balaban J connectivity index is 2.18. The molecule has 0 saturated carbocycles. The molecule has 0 aliphatic heterocycles. The van der Waals surface area contributed by atoms with Crippen LogP contribution in [0.4, 0.5) is 5.82 Å². The summed E-state index contributed by atoms with van der Waals surface area (Å²) in [6.07, 6.45) is 5.54. The Labute approximate surface area is 111 Å². The van der Waals surface area contributed by atoms with E-state index in [0.717, 1.165) is 33.5 Å². The van der Waals surface area contributed by atoms with Crippen LogP contribution in [-0.4, -0.2) is 34.3 Å². The molecule has 0 radical (unpaired) electrons. The Hall–Kier alpha value is -2.43. The first-order valence-corrected chi connectivity index (χ1v) is 6.08. The third kappa shape index (κ3) is 2.03.